The Balaban J connectivity index is 0.868. The Labute approximate surface area is 358 Å². The van der Waals surface area contributed by atoms with E-state index in [9.17, 15) is 28.0 Å². The number of amides is 4. The van der Waals surface area contributed by atoms with Gasteiger partial charge in [0.2, 0.25) is 17.8 Å². The third-order valence-corrected chi connectivity index (χ3v) is 12.0. The maximum Gasteiger partial charge on any atom is 0.342 e. The summed E-state index contributed by atoms with van der Waals surface area (Å²) >= 11 is 0. The van der Waals surface area contributed by atoms with E-state index < -0.39 is 36.1 Å². The summed E-state index contributed by atoms with van der Waals surface area (Å²) in [5, 5.41) is 10.3. The monoisotopic (exact) mass is 865 g/mol. The minimum atomic E-state index is -3.61. The standard InChI is InChI=1S/C42H54F3N11O6/c1-25(2)56-24-42(44,45)40(60)52(3)33-23-46-41(50-37(33)56)48-29-7-6-27(20-34(29)61-4)38(58)51-55-14-11-26(12-15-55)10-13-53-16-18-54(19-17-53)32-22-35(62-5)31(21-28(32)43)47-30-8-9-36(57)49-39(30)59/h6-7,20-23,25-26,30,47H,8-19,24H2,1-5H3,(H,51,58)(H,46,48,50)(H,49,57,59). The second-order valence-corrected chi connectivity index (χ2v) is 16.4. The number of carbonyl (C=O) groups is 4. The van der Waals surface area contributed by atoms with Crippen molar-refractivity contribution in [2.45, 2.75) is 64.0 Å². The van der Waals surface area contributed by atoms with Gasteiger partial charge in [-0.25, -0.2) is 14.4 Å². The van der Waals surface area contributed by atoms with Gasteiger partial charge in [0.1, 0.15) is 29.0 Å². The number of piperazine rings is 1. The van der Waals surface area contributed by atoms with E-state index in [0.29, 0.717) is 72.6 Å². The summed E-state index contributed by atoms with van der Waals surface area (Å²) < 4.78 is 56.1. The molecule has 1 atom stereocenters. The maximum atomic E-state index is 15.4. The molecule has 1 unspecified atom stereocenters. The highest BCUT2D eigenvalue weighted by Crippen LogP contribution is 2.38. The van der Waals surface area contributed by atoms with Crippen molar-refractivity contribution in [3.63, 3.8) is 0 Å². The second kappa shape index (κ2) is 18.6. The molecule has 4 amide bonds. The van der Waals surface area contributed by atoms with E-state index in [1.54, 1.807) is 38.1 Å². The molecular weight excluding hydrogens is 812 g/mol. The van der Waals surface area contributed by atoms with Crippen molar-refractivity contribution in [1.29, 1.82) is 0 Å². The predicted molar refractivity (Wildman–Crippen MR) is 227 cm³/mol. The van der Waals surface area contributed by atoms with Gasteiger partial charge in [-0.1, -0.05) is 0 Å². The zero-order valence-electron chi connectivity index (χ0n) is 35.6. The van der Waals surface area contributed by atoms with Crippen LogP contribution in [0.4, 0.5) is 47.7 Å². The van der Waals surface area contributed by atoms with E-state index in [2.05, 4.69) is 36.2 Å². The Kier molecular flexibility index (Phi) is 13.3. The van der Waals surface area contributed by atoms with Crippen LogP contribution in [0.15, 0.2) is 36.5 Å². The largest absolute Gasteiger partial charge is 0.495 e. The Morgan fingerprint density at radius 1 is 0.952 bits per heavy atom. The molecule has 4 N–H and O–H groups in total. The van der Waals surface area contributed by atoms with Crippen molar-refractivity contribution in [2.24, 2.45) is 5.92 Å². The molecule has 4 aliphatic heterocycles. The number of rotatable bonds is 13. The first-order valence-electron chi connectivity index (χ1n) is 20.9. The molecule has 3 aromatic rings. The molecule has 3 saturated heterocycles. The van der Waals surface area contributed by atoms with Gasteiger partial charge in [-0.3, -0.25) is 34.8 Å². The van der Waals surface area contributed by atoms with Gasteiger partial charge >= 0.3 is 5.92 Å². The molecule has 5 heterocycles. The third-order valence-electron chi connectivity index (χ3n) is 12.0. The first-order valence-corrected chi connectivity index (χ1v) is 20.9. The Morgan fingerprint density at radius 2 is 1.66 bits per heavy atom. The molecule has 0 radical (unpaired) electrons. The van der Waals surface area contributed by atoms with Gasteiger partial charge in [0, 0.05) is 76.5 Å². The van der Waals surface area contributed by atoms with E-state index >= 15 is 4.39 Å². The van der Waals surface area contributed by atoms with Gasteiger partial charge in [-0.2, -0.15) is 13.8 Å². The number of benzene rings is 2. The number of methoxy groups -OCH3 is 2. The maximum absolute atomic E-state index is 15.4. The number of piperidine rings is 2. The quantitative estimate of drug-likeness (QED) is 0.182. The molecule has 0 spiro atoms. The Morgan fingerprint density at radius 3 is 2.34 bits per heavy atom. The highest BCUT2D eigenvalue weighted by Gasteiger charge is 2.47. The lowest BCUT2D eigenvalue weighted by molar-refractivity contribution is -0.140. The number of aromatic nitrogens is 2. The number of nitrogens with zero attached hydrogens (tertiary/aromatic N) is 7. The summed E-state index contributed by atoms with van der Waals surface area (Å²) in [6, 6.07) is 6.87. The van der Waals surface area contributed by atoms with Gasteiger partial charge in [0.25, 0.3) is 11.8 Å². The van der Waals surface area contributed by atoms with Crippen molar-refractivity contribution >= 4 is 58.1 Å². The van der Waals surface area contributed by atoms with E-state index in [0.717, 1.165) is 43.8 Å². The van der Waals surface area contributed by atoms with Gasteiger partial charge in [-0.15, -0.1) is 0 Å². The average Bonchev–Trinajstić information content (AvgIpc) is 3.33. The van der Waals surface area contributed by atoms with Crippen LogP contribution in [0.5, 0.6) is 11.5 Å². The fourth-order valence-electron chi connectivity index (χ4n) is 8.27. The zero-order chi connectivity index (χ0) is 44.3. The number of nitrogens with one attached hydrogen (secondary N) is 4. The predicted octanol–water partition coefficient (Wildman–Crippen LogP) is 3.99. The smallest absolute Gasteiger partial charge is 0.342 e. The van der Waals surface area contributed by atoms with E-state index in [1.807, 2.05) is 9.91 Å². The van der Waals surface area contributed by atoms with Crippen molar-refractivity contribution < 1.29 is 41.8 Å². The summed E-state index contributed by atoms with van der Waals surface area (Å²) in [4.78, 5) is 65.1. The van der Waals surface area contributed by atoms with Crippen LogP contribution in [0.25, 0.3) is 0 Å². The Hall–Kier alpha value is -5.89. The SMILES string of the molecule is COc1cc(C(=O)NN2CCC(CCN3CCN(c4cc(OC)c(NC5CCC(=O)NC5=O)cc4F)CC3)CC2)ccc1Nc1ncc2c(n1)N(C(C)C)CC(F)(F)C(=O)N2C. The Bertz CT molecular complexity index is 2160. The molecule has 3 fully saturated rings. The third kappa shape index (κ3) is 9.75. The highest BCUT2D eigenvalue weighted by atomic mass is 19.3. The number of hydrogen-bond donors (Lipinski definition) is 4. The lowest BCUT2D eigenvalue weighted by Crippen LogP contribution is -2.48. The van der Waals surface area contributed by atoms with Crippen LogP contribution in [-0.2, 0) is 14.4 Å². The fraction of sp³-hybridized carbons (Fsp3) is 0.524. The summed E-state index contributed by atoms with van der Waals surface area (Å²) in [5.41, 5.74) is 4.81. The number of ether oxygens (including phenoxy) is 2. The fourth-order valence-corrected chi connectivity index (χ4v) is 8.27. The molecule has 0 saturated carbocycles. The molecule has 7 rings (SSSR count). The molecule has 0 bridgehead atoms. The molecule has 4 aliphatic rings. The normalized spacial score (nSPS) is 20.1. The van der Waals surface area contributed by atoms with Crippen LogP contribution in [0.3, 0.4) is 0 Å². The summed E-state index contributed by atoms with van der Waals surface area (Å²) in [5.74, 6) is -4.86. The van der Waals surface area contributed by atoms with Gasteiger partial charge in [0.05, 0.1) is 44.0 Å². The zero-order valence-corrected chi connectivity index (χ0v) is 35.6. The first-order chi connectivity index (χ1) is 29.6. The minimum Gasteiger partial charge on any atom is -0.495 e. The number of imide groups is 1. The van der Waals surface area contributed by atoms with Crippen LogP contribution in [-0.4, -0.2) is 135 Å². The van der Waals surface area contributed by atoms with Crippen LogP contribution in [0.1, 0.15) is 56.3 Å². The minimum absolute atomic E-state index is 0.0998. The number of hydrazine groups is 1. The van der Waals surface area contributed by atoms with Crippen LogP contribution < -0.4 is 45.5 Å². The van der Waals surface area contributed by atoms with E-state index in [4.69, 9.17) is 9.47 Å². The molecule has 334 valence electrons. The number of fused-ring (bicyclic) bond motifs is 1. The van der Waals surface area contributed by atoms with Gasteiger partial charge in [-0.05, 0) is 70.2 Å². The summed E-state index contributed by atoms with van der Waals surface area (Å²) in [6.07, 6.45) is 4.72. The van der Waals surface area contributed by atoms with Crippen LogP contribution in [0, 0.1) is 11.7 Å². The number of anilines is 6. The second-order valence-electron chi connectivity index (χ2n) is 16.4. The van der Waals surface area contributed by atoms with Crippen molar-refractivity contribution in [1.82, 2.24) is 30.6 Å². The molecule has 0 aliphatic carbocycles. The van der Waals surface area contributed by atoms with Crippen molar-refractivity contribution in [3.8, 4) is 11.5 Å². The summed E-state index contributed by atoms with van der Waals surface area (Å²) in [6.45, 7) is 7.84. The molecule has 17 nitrogen and oxygen atoms in total. The van der Waals surface area contributed by atoms with Crippen LogP contribution in [0.2, 0.25) is 0 Å². The molecule has 20 heteroatoms. The topological polar surface area (TPSA) is 177 Å². The molecule has 62 heavy (non-hydrogen) atoms. The number of hydrogen-bond acceptors (Lipinski definition) is 14. The van der Waals surface area contributed by atoms with Gasteiger partial charge < -0.3 is 34.8 Å². The molecule has 2 aromatic carbocycles. The van der Waals surface area contributed by atoms with Crippen molar-refractivity contribution in [2.75, 3.05) is 99.0 Å². The van der Waals surface area contributed by atoms with E-state index in [1.165, 1.54) is 38.4 Å². The highest BCUT2D eigenvalue weighted by molar-refractivity contribution is 6.02. The number of alkyl halides is 2. The molecular formula is C42H54F3N11O6. The lowest BCUT2D eigenvalue weighted by atomic mass is 9.94. The van der Waals surface area contributed by atoms with Gasteiger partial charge in [0.15, 0.2) is 5.82 Å². The summed E-state index contributed by atoms with van der Waals surface area (Å²) in [7, 11) is 4.24. The molecule has 1 aromatic heterocycles. The lowest BCUT2D eigenvalue weighted by Gasteiger charge is -2.38. The number of halogens is 3. The van der Waals surface area contributed by atoms with Crippen LogP contribution >= 0.6 is 0 Å². The van der Waals surface area contributed by atoms with Crippen molar-refractivity contribution in [3.05, 3.63) is 47.9 Å². The number of carbonyl (C=O) groups excluding carboxylic acids is 4. The van der Waals surface area contributed by atoms with E-state index in [-0.39, 0.29) is 41.7 Å². The first kappa shape index (κ1) is 44.2. The average molecular weight is 866 g/mol.